The molecule has 2 heterocycles. The monoisotopic (exact) mass is 204 g/mol. The molecule has 15 heavy (non-hydrogen) atoms. The fourth-order valence-electron chi connectivity index (χ4n) is 1.14. The zero-order valence-electron chi connectivity index (χ0n) is 7.71. The summed E-state index contributed by atoms with van der Waals surface area (Å²) in [6.07, 6.45) is 6.22. The van der Waals surface area contributed by atoms with Crippen LogP contribution in [0.1, 0.15) is 5.56 Å². The minimum atomic E-state index is -0.894. The maximum atomic E-state index is 10.4. The van der Waals surface area contributed by atoms with Crippen molar-refractivity contribution in [2.45, 2.75) is 6.42 Å². The van der Waals surface area contributed by atoms with Crippen LogP contribution in [0.3, 0.4) is 0 Å². The van der Waals surface area contributed by atoms with Gasteiger partial charge in [0.25, 0.3) is 0 Å². The number of nitrogens with one attached hydrogen (secondary N) is 1. The van der Waals surface area contributed by atoms with Crippen molar-refractivity contribution in [1.82, 2.24) is 20.2 Å². The summed E-state index contributed by atoms with van der Waals surface area (Å²) in [5.74, 6) is -0.368. The predicted molar refractivity (Wildman–Crippen MR) is 51.0 cm³/mol. The van der Waals surface area contributed by atoms with E-state index in [4.69, 9.17) is 5.11 Å². The molecule has 6 heteroatoms. The molecule has 0 aromatic carbocycles. The van der Waals surface area contributed by atoms with Crippen LogP contribution in [-0.4, -0.2) is 31.2 Å². The first-order valence-corrected chi connectivity index (χ1v) is 4.27. The summed E-state index contributed by atoms with van der Waals surface area (Å²) in [6, 6.07) is 0. The van der Waals surface area contributed by atoms with E-state index in [1.165, 1.54) is 12.4 Å². The van der Waals surface area contributed by atoms with Crippen molar-refractivity contribution in [3.63, 3.8) is 0 Å². The van der Waals surface area contributed by atoms with Gasteiger partial charge in [-0.25, -0.2) is 9.97 Å². The topological polar surface area (TPSA) is 91.8 Å². The van der Waals surface area contributed by atoms with Crippen LogP contribution in [-0.2, 0) is 11.2 Å². The van der Waals surface area contributed by atoms with Crippen LogP contribution in [0.5, 0.6) is 0 Å². The molecule has 0 unspecified atom stereocenters. The molecule has 0 fully saturated rings. The second-order valence-corrected chi connectivity index (χ2v) is 2.97. The number of nitrogens with zero attached hydrogens (tertiary/aromatic N) is 3. The number of H-pyrrole nitrogens is 1. The Bertz CT molecular complexity index is 449. The number of carboxylic acids is 1. The lowest BCUT2D eigenvalue weighted by atomic mass is 10.2. The summed E-state index contributed by atoms with van der Waals surface area (Å²) >= 11 is 0. The van der Waals surface area contributed by atoms with Gasteiger partial charge in [-0.1, -0.05) is 0 Å². The van der Waals surface area contributed by atoms with E-state index in [0.29, 0.717) is 11.4 Å². The first-order valence-electron chi connectivity index (χ1n) is 4.27. The van der Waals surface area contributed by atoms with Crippen LogP contribution in [0, 0.1) is 0 Å². The van der Waals surface area contributed by atoms with E-state index >= 15 is 0 Å². The van der Waals surface area contributed by atoms with E-state index in [-0.39, 0.29) is 6.42 Å². The number of hydrogen-bond acceptors (Lipinski definition) is 4. The van der Waals surface area contributed by atoms with Crippen LogP contribution < -0.4 is 0 Å². The Morgan fingerprint density at radius 2 is 2.07 bits per heavy atom. The number of aliphatic carboxylic acids is 1. The third-order valence-electron chi connectivity index (χ3n) is 1.82. The molecule has 0 atom stereocenters. The molecule has 6 nitrogen and oxygen atoms in total. The Hall–Kier alpha value is -2.24. The minimum absolute atomic E-state index is 0.0638. The summed E-state index contributed by atoms with van der Waals surface area (Å²) in [4.78, 5) is 18.5. The Morgan fingerprint density at radius 3 is 2.60 bits per heavy atom. The maximum absolute atomic E-state index is 10.4. The molecule has 2 aromatic heterocycles. The smallest absolute Gasteiger partial charge is 0.307 e. The van der Waals surface area contributed by atoms with E-state index in [2.05, 4.69) is 20.2 Å². The zero-order chi connectivity index (χ0) is 10.7. The Morgan fingerprint density at radius 1 is 1.33 bits per heavy atom. The lowest BCUT2D eigenvalue weighted by molar-refractivity contribution is -0.136. The lowest BCUT2D eigenvalue weighted by Gasteiger charge is -1.97. The van der Waals surface area contributed by atoms with E-state index in [0.717, 1.165) is 5.56 Å². The molecule has 0 aliphatic heterocycles. The number of aromatic amines is 1. The van der Waals surface area contributed by atoms with Gasteiger partial charge in [-0.3, -0.25) is 9.89 Å². The molecular formula is C9H8N4O2. The third kappa shape index (κ3) is 2.16. The zero-order valence-corrected chi connectivity index (χ0v) is 7.71. The standard InChI is InChI=1S/C9H8N4O2/c14-8(15)1-6-2-10-9(11-3-6)7-4-12-13-5-7/h2-5H,1H2,(H,12,13)(H,14,15). The highest BCUT2D eigenvalue weighted by Gasteiger charge is 2.04. The fourth-order valence-corrected chi connectivity index (χ4v) is 1.14. The SMILES string of the molecule is O=C(O)Cc1cnc(-c2cn[nH]c2)nc1. The summed E-state index contributed by atoms with van der Waals surface area (Å²) in [5, 5.41) is 15.0. The van der Waals surface area contributed by atoms with Crippen LogP contribution in [0.15, 0.2) is 24.8 Å². The molecule has 0 radical (unpaired) electrons. The lowest BCUT2D eigenvalue weighted by Crippen LogP contribution is -2.01. The molecule has 2 rings (SSSR count). The van der Waals surface area contributed by atoms with Gasteiger partial charge in [0.15, 0.2) is 5.82 Å². The van der Waals surface area contributed by atoms with Crippen molar-refractivity contribution in [2.75, 3.05) is 0 Å². The Balaban J connectivity index is 2.21. The molecule has 0 saturated heterocycles. The molecular weight excluding hydrogens is 196 g/mol. The highest BCUT2D eigenvalue weighted by Crippen LogP contribution is 2.11. The van der Waals surface area contributed by atoms with Gasteiger partial charge in [0.2, 0.25) is 0 Å². The van der Waals surface area contributed by atoms with Crippen molar-refractivity contribution in [3.8, 4) is 11.4 Å². The number of carboxylic acid groups (broad SMARTS) is 1. The molecule has 0 aliphatic rings. The van der Waals surface area contributed by atoms with E-state index in [9.17, 15) is 4.79 Å². The van der Waals surface area contributed by atoms with Crippen LogP contribution >= 0.6 is 0 Å². The molecule has 2 N–H and O–H groups in total. The molecule has 0 spiro atoms. The number of carbonyl (C=O) groups is 1. The van der Waals surface area contributed by atoms with Crippen molar-refractivity contribution >= 4 is 5.97 Å². The highest BCUT2D eigenvalue weighted by molar-refractivity contribution is 5.70. The minimum Gasteiger partial charge on any atom is -0.481 e. The molecule has 0 amide bonds. The van der Waals surface area contributed by atoms with Gasteiger partial charge in [0.1, 0.15) is 0 Å². The normalized spacial score (nSPS) is 10.1. The average molecular weight is 204 g/mol. The highest BCUT2D eigenvalue weighted by atomic mass is 16.4. The Kier molecular flexibility index (Phi) is 2.40. The summed E-state index contributed by atoms with van der Waals surface area (Å²) < 4.78 is 0. The largest absolute Gasteiger partial charge is 0.481 e. The van der Waals surface area contributed by atoms with Crippen molar-refractivity contribution < 1.29 is 9.90 Å². The Labute approximate surface area is 85.0 Å². The molecule has 0 saturated carbocycles. The van der Waals surface area contributed by atoms with Crippen LogP contribution in [0.25, 0.3) is 11.4 Å². The van der Waals surface area contributed by atoms with E-state index < -0.39 is 5.97 Å². The first-order chi connectivity index (χ1) is 7.25. The number of rotatable bonds is 3. The van der Waals surface area contributed by atoms with E-state index in [1.807, 2.05) is 0 Å². The van der Waals surface area contributed by atoms with Gasteiger partial charge >= 0.3 is 5.97 Å². The second kappa shape index (κ2) is 3.87. The quantitative estimate of drug-likeness (QED) is 0.759. The predicted octanol–water partition coefficient (Wildman–Crippen LogP) is 0.494. The van der Waals surface area contributed by atoms with Crippen molar-refractivity contribution in [1.29, 1.82) is 0 Å². The van der Waals surface area contributed by atoms with Gasteiger partial charge in [0, 0.05) is 18.6 Å². The van der Waals surface area contributed by atoms with Gasteiger partial charge in [0.05, 0.1) is 18.2 Å². The van der Waals surface area contributed by atoms with Crippen molar-refractivity contribution in [2.24, 2.45) is 0 Å². The average Bonchev–Trinajstić information content (AvgIpc) is 2.71. The van der Waals surface area contributed by atoms with Gasteiger partial charge < -0.3 is 5.11 Å². The number of hydrogen-bond donors (Lipinski definition) is 2. The second-order valence-electron chi connectivity index (χ2n) is 2.97. The molecule has 0 bridgehead atoms. The summed E-state index contributed by atoms with van der Waals surface area (Å²) in [7, 11) is 0. The molecule has 76 valence electrons. The van der Waals surface area contributed by atoms with Gasteiger partial charge in [-0.2, -0.15) is 5.10 Å². The van der Waals surface area contributed by atoms with Crippen LogP contribution in [0.4, 0.5) is 0 Å². The first kappa shape index (κ1) is 9.32. The van der Waals surface area contributed by atoms with E-state index in [1.54, 1.807) is 12.4 Å². The van der Waals surface area contributed by atoms with Gasteiger partial charge in [-0.05, 0) is 5.56 Å². The van der Waals surface area contributed by atoms with Crippen molar-refractivity contribution in [3.05, 3.63) is 30.4 Å². The summed E-state index contributed by atoms with van der Waals surface area (Å²) in [6.45, 7) is 0. The third-order valence-corrected chi connectivity index (χ3v) is 1.82. The van der Waals surface area contributed by atoms with Gasteiger partial charge in [-0.15, -0.1) is 0 Å². The summed E-state index contributed by atoms with van der Waals surface area (Å²) in [5.41, 5.74) is 1.35. The molecule has 2 aromatic rings. The molecule has 0 aliphatic carbocycles. The fraction of sp³-hybridized carbons (Fsp3) is 0.111. The number of aromatic nitrogens is 4. The maximum Gasteiger partial charge on any atom is 0.307 e. The van der Waals surface area contributed by atoms with Crippen LogP contribution in [0.2, 0.25) is 0 Å².